The maximum Gasteiger partial charge on any atom is 0.288 e. The molecule has 1 amide bonds. The standard InChI is InChI=1S/C19H14F2N2O3S/c20-19(21)27-15-4-2-14(3-5-15)23-18(24)13(11-22)9-12-1-6-16-17(10-12)26-8-7-25-16/h1-6,9-10,19H,7-8H2,(H,23,24)/b13-9-. The molecule has 1 aliphatic rings. The molecule has 8 heteroatoms. The number of thioether (sulfide) groups is 1. The fourth-order valence-electron chi connectivity index (χ4n) is 2.38. The number of carbonyl (C=O) groups excluding carboxylic acids is 1. The third kappa shape index (κ3) is 4.99. The van der Waals surface area contributed by atoms with Gasteiger partial charge < -0.3 is 14.8 Å². The van der Waals surface area contributed by atoms with Crippen molar-refractivity contribution < 1.29 is 23.0 Å². The molecular formula is C19H14F2N2O3S. The smallest absolute Gasteiger partial charge is 0.288 e. The SMILES string of the molecule is N#C/C(=C/c1ccc2c(c1)OCCO2)C(=O)Nc1ccc(SC(F)F)cc1. The van der Waals surface area contributed by atoms with Gasteiger partial charge in [0.2, 0.25) is 0 Å². The number of rotatable bonds is 5. The van der Waals surface area contributed by atoms with E-state index in [0.29, 0.717) is 52.6 Å². The van der Waals surface area contributed by atoms with Crippen molar-refractivity contribution >= 4 is 29.4 Å². The van der Waals surface area contributed by atoms with Gasteiger partial charge in [0.25, 0.3) is 11.7 Å². The van der Waals surface area contributed by atoms with E-state index in [1.807, 2.05) is 6.07 Å². The van der Waals surface area contributed by atoms with E-state index >= 15 is 0 Å². The van der Waals surface area contributed by atoms with E-state index in [9.17, 15) is 18.8 Å². The summed E-state index contributed by atoms with van der Waals surface area (Å²) >= 11 is 0.418. The van der Waals surface area contributed by atoms with Crippen molar-refractivity contribution in [3.8, 4) is 17.6 Å². The fourth-order valence-corrected chi connectivity index (χ4v) is 2.88. The Kier molecular flexibility index (Phi) is 5.94. The Labute approximate surface area is 158 Å². The number of hydrogen-bond acceptors (Lipinski definition) is 5. The van der Waals surface area contributed by atoms with Crippen LogP contribution in [0.5, 0.6) is 11.5 Å². The predicted octanol–water partition coefficient (Wildman–Crippen LogP) is 4.32. The zero-order chi connectivity index (χ0) is 19.2. The Morgan fingerprint density at radius 2 is 1.85 bits per heavy atom. The summed E-state index contributed by atoms with van der Waals surface area (Å²) < 4.78 is 35.6. The van der Waals surface area contributed by atoms with E-state index in [-0.39, 0.29) is 5.57 Å². The van der Waals surface area contributed by atoms with Gasteiger partial charge in [0.1, 0.15) is 24.9 Å². The van der Waals surface area contributed by atoms with Gasteiger partial charge in [0.05, 0.1) is 0 Å². The highest BCUT2D eigenvalue weighted by molar-refractivity contribution is 7.99. The molecule has 5 nitrogen and oxygen atoms in total. The molecule has 0 unspecified atom stereocenters. The molecule has 0 radical (unpaired) electrons. The van der Waals surface area contributed by atoms with Crippen molar-refractivity contribution in [3.63, 3.8) is 0 Å². The van der Waals surface area contributed by atoms with Crippen molar-refractivity contribution in [3.05, 3.63) is 53.6 Å². The number of nitrogens with one attached hydrogen (secondary N) is 1. The molecule has 0 saturated carbocycles. The Hall–Kier alpha value is -3.05. The van der Waals surface area contributed by atoms with Crippen LogP contribution in [0.2, 0.25) is 0 Å². The van der Waals surface area contributed by atoms with E-state index in [0.717, 1.165) is 0 Å². The minimum atomic E-state index is -2.51. The number of nitrogens with zero attached hydrogens (tertiary/aromatic N) is 1. The van der Waals surface area contributed by atoms with Crippen LogP contribution >= 0.6 is 11.8 Å². The lowest BCUT2D eigenvalue weighted by Crippen LogP contribution is -2.15. The van der Waals surface area contributed by atoms with Crippen LogP contribution in [-0.4, -0.2) is 24.9 Å². The molecule has 3 rings (SSSR count). The first-order valence-corrected chi connectivity index (χ1v) is 8.81. The molecule has 1 heterocycles. The first-order valence-electron chi connectivity index (χ1n) is 7.93. The molecule has 0 aromatic heterocycles. The maximum absolute atomic E-state index is 12.3. The second-order valence-electron chi connectivity index (χ2n) is 5.43. The molecule has 0 atom stereocenters. The third-order valence-electron chi connectivity index (χ3n) is 3.58. The van der Waals surface area contributed by atoms with Crippen LogP contribution in [-0.2, 0) is 4.79 Å². The van der Waals surface area contributed by atoms with E-state index in [2.05, 4.69) is 5.32 Å². The lowest BCUT2D eigenvalue weighted by atomic mass is 10.1. The number of ether oxygens (including phenoxy) is 2. The van der Waals surface area contributed by atoms with Gasteiger partial charge in [0, 0.05) is 10.6 Å². The average Bonchev–Trinajstić information content (AvgIpc) is 2.67. The Balaban J connectivity index is 1.72. The van der Waals surface area contributed by atoms with E-state index in [4.69, 9.17) is 9.47 Å². The highest BCUT2D eigenvalue weighted by Gasteiger charge is 2.14. The first kappa shape index (κ1) is 18.7. The van der Waals surface area contributed by atoms with Gasteiger partial charge in [-0.1, -0.05) is 17.8 Å². The average molecular weight is 388 g/mol. The van der Waals surface area contributed by atoms with Gasteiger partial charge >= 0.3 is 0 Å². The van der Waals surface area contributed by atoms with Crippen molar-refractivity contribution in [2.75, 3.05) is 18.5 Å². The topological polar surface area (TPSA) is 71.3 Å². The van der Waals surface area contributed by atoms with Gasteiger partial charge in [-0.05, 0) is 48.0 Å². The van der Waals surface area contributed by atoms with E-state index in [1.165, 1.54) is 30.3 Å². The molecule has 0 aliphatic carbocycles. The number of carbonyl (C=O) groups is 1. The number of hydrogen-bond donors (Lipinski definition) is 1. The summed E-state index contributed by atoms with van der Waals surface area (Å²) in [5, 5.41) is 11.9. The quantitative estimate of drug-likeness (QED) is 0.469. The second kappa shape index (κ2) is 8.56. The Bertz CT molecular complexity index is 908. The maximum atomic E-state index is 12.3. The monoisotopic (exact) mass is 388 g/mol. The molecule has 138 valence electrons. The first-order chi connectivity index (χ1) is 13.0. The van der Waals surface area contributed by atoms with Gasteiger partial charge in [-0.3, -0.25) is 4.79 Å². The van der Waals surface area contributed by atoms with Crippen molar-refractivity contribution in [2.45, 2.75) is 10.7 Å². The van der Waals surface area contributed by atoms with Crippen LogP contribution < -0.4 is 14.8 Å². The zero-order valence-corrected chi connectivity index (χ0v) is 14.8. The van der Waals surface area contributed by atoms with Gasteiger partial charge in [-0.2, -0.15) is 14.0 Å². The van der Waals surface area contributed by atoms with E-state index in [1.54, 1.807) is 18.2 Å². The molecule has 0 bridgehead atoms. The number of fused-ring (bicyclic) bond motifs is 1. The Morgan fingerprint density at radius 1 is 1.15 bits per heavy atom. The summed E-state index contributed by atoms with van der Waals surface area (Å²) in [6.45, 7) is 0.911. The molecule has 27 heavy (non-hydrogen) atoms. The molecule has 2 aromatic rings. The number of benzene rings is 2. The molecule has 2 aromatic carbocycles. The normalized spacial score (nSPS) is 13.2. The lowest BCUT2D eigenvalue weighted by molar-refractivity contribution is -0.112. The van der Waals surface area contributed by atoms with Crippen LogP contribution in [0.3, 0.4) is 0 Å². The summed E-state index contributed by atoms with van der Waals surface area (Å²) in [5.41, 5.74) is 0.925. The molecule has 1 N–H and O–H groups in total. The summed E-state index contributed by atoms with van der Waals surface area (Å²) in [4.78, 5) is 12.7. The fraction of sp³-hybridized carbons (Fsp3) is 0.158. The summed E-state index contributed by atoms with van der Waals surface area (Å²) in [7, 11) is 0. The number of anilines is 1. The largest absolute Gasteiger partial charge is 0.486 e. The van der Waals surface area contributed by atoms with Crippen LogP contribution in [0.4, 0.5) is 14.5 Å². The van der Waals surface area contributed by atoms with Crippen LogP contribution in [0.25, 0.3) is 6.08 Å². The lowest BCUT2D eigenvalue weighted by Gasteiger charge is -2.18. The van der Waals surface area contributed by atoms with Crippen LogP contribution in [0, 0.1) is 11.3 Å². The molecule has 1 aliphatic heterocycles. The molecule has 0 spiro atoms. The van der Waals surface area contributed by atoms with Crippen molar-refractivity contribution in [1.82, 2.24) is 0 Å². The van der Waals surface area contributed by atoms with Crippen LogP contribution in [0.15, 0.2) is 52.9 Å². The predicted molar refractivity (Wildman–Crippen MR) is 98.0 cm³/mol. The van der Waals surface area contributed by atoms with Crippen LogP contribution in [0.1, 0.15) is 5.56 Å². The van der Waals surface area contributed by atoms with E-state index < -0.39 is 11.7 Å². The van der Waals surface area contributed by atoms with Crippen molar-refractivity contribution in [2.24, 2.45) is 0 Å². The Morgan fingerprint density at radius 3 is 2.52 bits per heavy atom. The minimum absolute atomic E-state index is 0.0993. The number of amides is 1. The van der Waals surface area contributed by atoms with Crippen molar-refractivity contribution in [1.29, 1.82) is 5.26 Å². The molecule has 0 saturated heterocycles. The number of alkyl halides is 2. The zero-order valence-electron chi connectivity index (χ0n) is 13.9. The van der Waals surface area contributed by atoms with Gasteiger partial charge in [-0.25, -0.2) is 0 Å². The number of halogens is 2. The molecule has 0 fully saturated rings. The highest BCUT2D eigenvalue weighted by atomic mass is 32.2. The number of nitriles is 1. The second-order valence-corrected chi connectivity index (χ2v) is 6.49. The van der Waals surface area contributed by atoms with Gasteiger partial charge in [0.15, 0.2) is 11.5 Å². The third-order valence-corrected chi connectivity index (χ3v) is 4.30. The summed E-state index contributed by atoms with van der Waals surface area (Å²) in [6.07, 6.45) is 1.44. The molecular weight excluding hydrogens is 374 g/mol. The summed E-state index contributed by atoms with van der Waals surface area (Å²) in [6, 6.07) is 12.9. The van der Waals surface area contributed by atoms with Gasteiger partial charge in [-0.15, -0.1) is 0 Å². The summed E-state index contributed by atoms with van der Waals surface area (Å²) in [5.74, 6) is -1.94. The highest BCUT2D eigenvalue weighted by Crippen LogP contribution is 2.31. The minimum Gasteiger partial charge on any atom is -0.486 e.